The molecule has 0 aromatic heterocycles. The molecular weight excluding hydrogens is 196 g/mol. The van der Waals surface area contributed by atoms with E-state index in [9.17, 15) is 0 Å². The van der Waals surface area contributed by atoms with Crippen LogP contribution < -0.4 is 10.6 Å². The zero-order valence-electron chi connectivity index (χ0n) is 9.17. The lowest BCUT2D eigenvalue weighted by atomic mass is 9.89. The molecular formula is C10H20N2OS. The summed E-state index contributed by atoms with van der Waals surface area (Å²) in [4.78, 5) is 0. The molecule has 1 saturated carbocycles. The number of hydrogen-bond acceptors (Lipinski definition) is 2. The van der Waals surface area contributed by atoms with Gasteiger partial charge in [-0.3, -0.25) is 0 Å². The van der Waals surface area contributed by atoms with Gasteiger partial charge in [-0.05, 0) is 45.8 Å². The minimum atomic E-state index is 0.401. The molecule has 1 fully saturated rings. The van der Waals surface area contributed by atoms with E-state index in [0.717, 1.165) is 24.6 Å². The van der Waals surface area contributed by atoms with Crippen LogP contribution in [0.3, 0.4) is 0 Å². The van der Waals surface area contributed by atoms with E-state index in [1.165, 1.54) is 0 Å². The topological polar surface area (TPSA) is 33.3 Å². The Kier molecular flexibility index (Phi) is 4.62. The fourth-order valence-electron chi connectivity index (χ4n) is 1.54. The maximum Gasteiger partial charge on any atom is 0.166 e. The second kappa shape index (κ2) is 5.51. The first-order valence-electron chi connectivity index (χ1n) is 5.30. The predicted molar refractivity (Wildman–Crippen MR) is 62.4 cm³/mol. The molecule has 0 amide bonds. The number of hydrogen-bond donors (Lipinski definition) is 2. The summed E-state index contributed by atoms with van der Waals surface area (Å²) in [5.41, 5.74) is 0. The van der Waals surface area contributed by atoms with Crippen LogP contribution in [0, 0.1) is 0 Å². The van der Waals surface area contributed by atoms with Crippen LogP contribution in [0.2, 0.25) is 0 Å². The molecule has 2 N–H and O–H groups in total. The Morgan fingerprint density at radius 1 is 1.50 bits per heavy atom. The van der Waals surface area contributed by atoms with Gasteiger partial charge in [0.15, 0.2) is 5.11 Å². The molecule has 0 atom stereocenters. The van der Waals surface area contributed by atoms with Gasteiger partial charge >= 0.3 is 0 Å². The van der Waals surface area contributed by atoms with E-state index in [1.807, 2.05) is 6.92 Å². The van der Waals surface area contributed by atoms with Crippen molar-refractivity contribution in [3.05, 3.63) is 0 Å². The first-order valence-corrected chi connectivity index (χ1v) is 5.71. The van der Waals surface area contributed by atoms with Gasteiger partial charge in [0.05, 0.1) is 6.10 Å². The molecule has 0 saturated heterocycles. The molecule has 1 rings (SSSR count). The summed E-state index contributed by atoms with van der Waals surface area (Å²) in [5.74, 6) is 0. The van der Waals surface area contributed by atoms with Crippen LogP contribution in [-0.4, -0.2) is 29.9 Å². The Morgan fingerprint density at radius 2 is 2.14 bits per heavy atom. The van der Waals surface area contributed by atoms with Gasteiger partial charge in [-0.2, -0.15) is 0 Å². The Balaban J connectivity index is 2.07. The van der Waals surface area contributed by atoms with E-state index < -0.39 is 0 Å². The van der Waals surface area contributed by atoms with Crippen molar-refractivity contribution in [3.8, 4) is 0 Å². The molecule has 0 aromatic rings. The fourth-order valence-corrected chi connectivity index (χ4v) is 1.95. The van der Waals surface area contributed by atoms with Crippen molar-refractivity contribution >= 4 is 17.3 Å². The van der Waals surface area contributed by atoms with Crippen LogP contribution in [-0.2, 0) is 4.74 Å². The summed E-state index contributed by atoms with van der Waals surface area (Å²) in [6.07, 6.45) is 2.60. The molecule has 82 valence electrons. The highest BCUT2D eigenvalue weighted by Gasteiger charge is 2.29. The normalized spacial score (nSPS) is 25.7. The molecule has 0 aromatic carbocycles. The van der Waals surface area contributed by atoms with Crippen molar-refractivity contribution in [1.29, 1.82) is 0 Å². The van der Waals surface area contributed by atoms with E-state index in [-0.39, 0.29) is 0 Å². The van der Waals surface area contributed by atoms with Crippen LogP contribution in [0.1, 0.15) is 33.6 Å². The molecule has 1 aliphatic rings. The standard InChI is InChI=1S/C10H20N2OS/c1-4-13-9-5-8(6-9)12-10(14)11-7(2)3/h7-9H,4-6H2,1-3H3,(H2,11,12,14). The van der Waals surface area contributed by atoms with E-state index in [1.54, 1.807) is 0 Å². The monoisotopic (exact) mass is 216 g/mol. The second-order valence-electron chi connectivity index (χ2n) is 4.02. The molecule has 14 heavy (non-hydrogen) atoms. The Hall–Kier alpha value is -0.350. The number of thiocarbonyl (C=S) groups is 1. The predicted octanol–water partition coefficient (Wildman–Crippen LogP) is 1.43. The van der Waals surface area contributed by atoms with Gasteiger partial charge in [-0.25, -0.2) is 0 Å². The first kappa shape index (κ1) is 11.7. The van der Waals surface area contributed by atoms with Gasteiger partial charge in [-0.15, -0.1) is 0 Å². The molecule has 0 spiro atoms. The van der Waals surface area contributed by atoms with Gasteiger partial charge in [0.1, 0.15) is 0 Å². The highest BCUT2D eigenvalue weighted by molar-refractivity contribution is 7.80. The van der Waals surface area contributed by atoms with Crippen molar-refractivity contribution in [2.45, 2.75) is 51.8 Å². The largest absolute Gasteiger partial charge is 0.378 e. The van der Waals surface area contributed by atoms with Crippen molar-refractivity contribution in [2.75, 3.05) is 6.61 Å². The van der Waals surface area contributed by atoms with Crippen LogP contribution in [0.5, 0.6) is 0 Å². The second-order valence-corrected chi connectivity index (χ2v) is 4.43. The van der Waals surface area contributed by atoms with Gasteiger partial charge in [0, 0.05) is 18.7 Å². The van der Waals surface area contributed by atoms with Crippen LogP contribution >= 0.6 is 12.2 Å². The molecule has 0 heterocycles. The number of nitrogens with one attached hydrogen (secondary N) is 2. The summed E-state index contributed by atoms with van der Waals surface area (Å²) in [5, 5.41) is 7.21. The van der Waals surface area contributed by atoms with Crippen LogP contribution in [0.25, 0.3) is 0 Å². The zero-order chi connectivity index (χ0) is 10.6. The van der Waals surface area contributed by atoms with Crippen LogP contribution in [0.4, 0.5) is 0 Å². The third kappa shape index (κ3) is 3.80. The Bertz CT molecular complexity index is 191. The molecule has 3 nitrogen and oxygen atoms in total. The van der Waals surface area contributed by atoms with Crippen molar-refractivity contribution in [3.63, 3.8) is 0 Å². The van der Waals surface area contributed by atoms with E-state index in [0.29, 0.717) is 18.2 Å². The van der Waals surface area contributed by atoms with E-state index in [2.05, 4.69) is 24.5 Å². The summed E-state index contributed by atoms with van der Waals surface area (Å²) in [6.45, 7) is 7.01. The molecule has 0 radical (unpaired) electrons. The lowest BCUT2D eigenvalue weighted by Crippen LogP contribution is -2.51. The fraction of sp³-hybridized carbons (Fsp3) is 0.900. The number of ether oxygens (including phenoxy) is 1. The Labute approximate surface area is 91.6 Å². The van der Waals surface area contributed by atoms with Gasteiger partial charge in [0.25, 0.3) is 0 Å². The molecule has 0 aliphatic heterocycles. The average Bonchev–Trinajstić information content (AvgIpc) is 1.99. The lowest BCUT2D eigenvalue weighted by molar-refractivity contribution is -0.00564. The third-order valence-corrected chi connectivity index (χ3v) is 2.49. The maximum absolute atomic E-state index is 5.47. The number of rotatable bonds is 4. The van der Waals surface area contributed by atoms with Crippen LogP contribution in [0.15, 0.2) is 0 Å². The van der Waals surface area contributed by atoms with Crippen molar-refractivity contribution in [2.24, 2.45) is 0 Å². The van der Waals surface area contributed by atoms with Crippen molar-refractivity contribution < 1.29 is 4.74 Å². The zero-order valence-corrected chi connectivity index (χ0v) is 9.99. The minimum absolute atomic E-state index is 0.401. The molecule has 0 unspecified atom stereocenters. The summed E-state index contributed by atoms with van der Waals surface area (Å²) < 4.78 is 5.47. The molecule has 0 bridgehead atoms. The smallest absolute Gasteiger partial charge is 0.166 e. The highest BCUT2D eigenvalue weighted by atomic mass is 32.1. The minimum Gasteiger partial charge on any atom is -0.378 e. The average molecular weight is 216 g/mol. The summed E-state index contributed by atoms with van der Waals surface area (Å²) in [7, 11) is 0. The first-order chi connectivity index (χ1) is 6.61. The van der Waals surface area contributed by atoms with Gasteiger partial charge in [-0.1, -0.05) is 0 Å². The SMILES string of the molecule is CCOC1CC(NC(=S)NC(C)C)C1. The summed E-state index contributed by atoms with van der Waals surface area (Å²) in [6, 6.07) is 0.906. The van der Waals surface area contributed by atoms with Gasteiger partial charge < -0.3 is 15.4 Å². The summed E-state index contributed by atoms with van der Waals surface area (Å²) >= 11 is 5.15. The third-order valence-electron chi connectivity index (χ3n) is 2.25. The lowest BCUT2D eigenvalue weighted by Gasteiger charge is -2.36. The van der Waals surface area contributed by atoms with Gasteiger partial charge in [0.2, 0.25) is 0 Å². The van der Waals surface area contributed by atoms with E-state index in [4.69, 9.17) is 17.0 Å². The quantitative estimate of drug-likeness (QED) is 0.697. The molecule has 4 heteroatoms. The van der Waals surface area contributed by atoms with Crippen molar-refractivity contribution in [1.82, 2.24) is 10.6 Å². The highest BCUT2D eigenvalue weighted by Crippen LogP contribution is 2.22. The Morgan fingerprint density at radius 3 is 2.64 bits per heavy atom. The van der Waals surface area contributed by atoms with E-state index >= 15 is 0 Å². The maximum atomic E-state index is 5.47. The molecule has 1 aliphatic carbocycles.